The third kappa shape index (κ3) is 4.18. The van der Waals surface area contributed by atoms with Crippen LogP contribution in [0, 0.1) is 0 Å². The minimum Gasteiger partial charge on any atom is -0.327 e. The molecule has 2 atom stereocenters. The normalized spacial score (nSPS) is 21.3. The molecule has 0 bridgehead atoms. The van der Waals surface area contributed by atoms with E-state index in [-0.39, 0.29) is 31.8 Å². The van der Waals surface area contributed by atoms with E-state index in [9.17, 15) is 27.6 Å². The number of carbonyl (C=O) groups excluding carboxylic acids is 1. The fraction of sp³-hybridized carbons (Fsp3) is 0.615. The van der Waals surface area contributed by atoms with Crippen LogP contribution in [0.3, 0.4) is 0 Å². The van der Waals surface area contributed by atoms with Gasteiger partial charge < -0.3 is 10.6 Å². The van der Waals surface area contributed by atoms with E-state index in [1.54, 1.807) is 0 Å². The lowest BCUT2D eigenvalue weighted by Crippen LogP contribution is -2.57. The van der Waals surface area contributed by atoms with Gasteiger partial charge in [0.1, 0.15) is 12.6 Å². The van der Waals surface area contributed by atoms with Gasteiger partial charge in [-0.05, 0) is 12.8 Å². The Morgan fingerprint density at radius 2 is 1.96 bits per heavy atom. The van der Waals surface area contributed by atoms with Gasteiger partial charge in [0.2, 0.25) is 5.91 Å². The second kappa shape index (κ2) is 7.39. The molecule has 1 aliphatic rings. The summed E-state index contributed by atoms with van der Waals surface area (Å²) in [7, 11) is 1.22. The van der Waals surface area contributed by atoms with E-state index in [4.69, 9.17) is 5.73 Å². The number of rotatable bonds is 2. The molecule has 0 spiro atoms. The molecule has 1 aliphatic heterocycles. The lowest BCUT2D eigenvalue weighted by atomic mass is 9.98. The number of nitrogens with zero attached hydrogens (tertiary/aromatic N) is 3. The van der Waals surface area contributed by atoms with Crippen molar-refractivity contribution in [1.29, 1.82) is 0 Å². The first kappa shape index (κ1) is 20.2. The van der Waals surface area contributed by atoms with Crippen LogP contribution >= 0.6 is 12.4 Å². The van der Waals surface area contributed by atoms with Gasteiger partial charge >= 0.3 is 11.9 Å². The summed E-state index contributed by atoms with van der Waals surface area (Å²) in [5, 5.41) is 0. The first-order chi connectivity index (χ1) is 10.6. The summed E-state index contributed by atoms with van der Waals surface area (Å²) >= 11 is 0. The maximum atomic E-state index is 13.1. The number of aromatic nitrogens is 2. The topological polar surface area (TPSA) is 90.3 Å². The van der Waals surface area contributed by atoms with Crippen LogP contribution in [0.15, 0.2) is 21.9 Å². The van der Waals surface area contributed by atoms with Crippen molar-refractivity contribution in [2.24, 2.45) is 12.8 Å². The number of halogens is 4. The average molecular weight is 371 g/mol. The SMILES string of the molecule is Cl.Cn1c(=O)ccn(CC(=O)N2CC(N)CCC2C(F)(F)F)c1=O. The van der Waals surface area contributed by atoms with Crippen LogP contribution in [-0.4, -0.2) is 44.7 Å². The molecule has 0 radical (unpaired) electrons. The van der Waals surface area contributed by atoms with E-state index >= 15 is 0 Å². The van der Waals surface area contributed by atoms with Gasteiger partial charge in [0, 0.05) is 31.9 Å². The molecular formula is C13H18ClF3N4O3. The highest BCUT2D eigenvalue weighted by molar-refractivity contribution is 5.85. The Morgan fingerprint density at radius 1 is 1.33 bits per heavy atom. The van der Waals surface area contributed by atoms with Gasteiger partial charge in [-0.3, -0.25) is 18.7 Å². The molecule has 24 heavy (non-hydrogen) atoms. The molecule has 0 saturated carbocycles. The second-order valence-corrected chi connectivity index (χ2v) is 5.56. The number of carbonyl (C=O) groups is 1. The summed E-state index contributed by atoms with van der Waals surface area (Å²) < 4.78 is 40.9. The van der Waals surface area contributed by atoms with Gasteiger partial charge in [0.15, 0.2) is 0 Å². The van der Waals surface area contributed by atoms with Crippen LogP contribution in [0.5, 0.6) is 0 Å². The first-order valence-electron chi connectivity index (χ1n) is 6.99. The van der Waals surface area contributed by atoms with Gasteiger partial charge in [-0.1, -0.05) is 0 Å². The van der Waals surface area contributed by atoms with Crippen LogP contribution < -0.4 is 17.0 Å². The fourth-order valence-corrected chi connectivity index (χ4v) is 2.59. The lowest BCUT2D eigenvalue weighted by Gasteiger charge is -2.39. The number of hydrogen-bond acceptors (Lipinski definition) is 4. The van der Waals surface area contributed by atoms with E-state index in [2.05, 4.69) is 0 Å². The molecule has 11 heteroatoms. The summed E-state index contributed by atoms with van der Waals surface area (Å²) in [6, 6.07) is -1.37. The molecule has 0 aromatic carbocycles. The minimum atomic E-state index is -4.55. The van der Waals surface area contributed by atoms with E-state index in [0.717, 1.165) is 21.4 Å². The number of hydrogen-bond donors (Lipinski definition) is 1. The Balaban J connectivity index is 0.00000288. The molecule has 1 aromatic rings. The van der Waals surface area contributed by atoms with E-state index in [1.807, 2.05) is 0 Å². The molecule has 2 rings (SSSR count). The molecule has 1 amide bonds. The molecule has 1 aromatic heterocycles. The van der Waals surface area contributed by atoms with Crippen LogP contribution in [0.1, 0.15) is 12.8 Å². The smallest absolute Gasteiger partial charge is 0.327 e. The Morgan fingerprint density at radius 3 is 2.54 bits per heavy atom. The molecule has 2 heterocycles. The minimum absolute atomic E-state index is 0. The molecule has 1 saturated heterocycles. The first-order valence-corrected chi connectivity index (χ1v) is 6.99. The zero-order valence-corrected chi connectivity index (χ0v) is 13.6. The third-order valence-electron chi connectivity index (χ3n) is 3.88. The van der Waals surface area contributed by atoms with E-state index < -0.39 is 42.0 Å². The van der Waals surface area contributed by atoms with Crippen molar-refractivity contribution < 1.29 is 18.0 Å². The van der Waals surface area contributed by atoms with Gasteiger partial charge in [-0.2, -0.15) is 13.2 Å². The van der Waals surface area contributed by atoms with Crippen molar-refractivity contribution in [3.8, 4) is 0 Å². The third-order valence-corrected chi connectivity index (χ3v) is 3.88. The maximum Gasteiger partial charge on any atom is 0.408 e. The summed E-state index contributed by atoms with van der Waals surface area (Å²) in [5.74, 6) is -0.858. The van der Waals surface area contributed by atoms with Crippen LogP contribution in [0.4, 0.5) is 13.2 Å². The lowest BCUT2D eigenvalue weighted by molar-refractivity contribution is -0.197. The highest BCUT2D eigenvalue weighted by Gasteiger charge is 2.47. The van der Waals surface area contributed by atoms with Crippen LogP contribution in [0.2, 0.25) is 0 Å². The zero-order chi connectivity index (χ0) is 17.4. The van der Waals surface area contributed by atoms with E-state index in [0.29, 0.717) is 4.90 Å². The predicted octanol–water partition coefficient (Wildman–Crippen LogP) is -0.151. The number of piperidine rings is 1. The Labute approximate surface area is 141 Å². The molecule has 7 nitrogen and oxygen atoms in total. The maximum absolute atomic E-state index is 13.1. The van der Waals surface area contributed by atoms with Gasteiger partial charge in [-0.25, -0.2) is 4.79 Å². The highest BCUT2D eigenvalue weighted by atomic mass is 35.5. The number of alkyl halides is 3. The molecule has 2 N–H and O–H groups in total. The van der Waals surface area contributed by atoms with Crippen molar-refractivity contribution in [3.05, 3.63) is 33.1 Å². The summed E-state index contributed by atoms with van der Waals surface area (Å²) in [6.07, 6.45) is -3.55. The molecule has 1 fully saturated rings. The summed E-state index contributed by atoms with van der Waals surface area (Å²) in [6.45, 7) is -0.796. The molecular weight excluding hydrogens is 353 g/mol. The number of nitrogens with two attached hydrogens (primary N) is 1. The van der Waals surface area contributed by atoms with Crippen molar-refractivity contribution in [1.82, 2.24) is 14.0 Å². The summed E-state index contributed by atoms with van der Waals surface area (Å²) in [5.41, 5.74) is 4.33. The Bertz CT molecular complexity index is 716. The molecule has 2 unspecified atom stereocenters. The van der Waals surface area contributed by atoms with Gasteiger partial charge in [0.25, 0.3) is 5.56 Å². The van der Waals surface area contributed by atoms with Crippen molar-refractivity contribution >= 4 is 18.3 Å². The average Bonchev–Trinajstić information content (AvgIpc) is 2.46. The zero-order valence-electron chi connectivity index (χ0n) is 12.8. The molecule has 136 valence electrons. The van der Waals surface area contributed by atoms with E-state index in [1.165, 1.54) is 7.05 Å². The van der Waals surface area contributed by atoms with Crippen molar-refractivity contribution in [2.75, 3.05) is 6.54 Å². The summed E-state index contributed by atoms with van der Waals surface area (Å²) in [4.78, 5) is 36.1. The largest absolute Gasteiger partial charge is 0.408 e. The fourth-order valence-electron chi connectivity index (χ4n) is 2.59. The predicted molar refractivity (Wildman–Crippen MR) is 82.0 cm³/mol. The van der Waals surface area contributed by atoms with Crippen molar-refractivity contribution in [3.63, 3.8) is 0 Å². The number of likely N-dealkylation sites (tertiary alicyclic amines) is 1. The van der Waals surface area contributed by atoms with Gasteiger partial charge in [-0.15, -0.1) is 12.4 Å². The second-order valence-electron chi connectivity index (χ2n) is 5.56. The van der Waals surface area contributed by atoms with Gasteiger partial charge in [0.05, 0.1) is 0 Å². The Kier molecular flexibility index (Phi) is 6.23. The standard InChI is InChI=1S/C13H17F3N4O3.ClH/c1-18-10(21)4-5-19(12(18)23)7-11(22)20-6-8(17)2-3-9(20)13(14,15)16;/h4-5,8-9H,2-3,6-7,17H2,1H3;1H. The monoisotopic (exact) mass is 370 g/mol. The number of amides is 1. The highest BCUT2D eigenvalue weighted by Crippen LogP contribution is 2.31. The van der Waals surface area contributed by atoms with Crippen LogP contribution in [-0.2, 0) is 18.4 Å². The molecule has 0 aliphatic carbocycles. The van der Waals surface area contributed by atoms with Crippen LogP contribution in [0.25, 0.3) is 0 Å². The Hall–Kier alpha value is -1.81. The van der Waals surface area contributed by atoms with Crippen molar-refractivity contribution in [2.45, 2.75) is 37.6 Å². The quantitative estimate of drug-likeness (QED) is 0.784.